The van der Waals surface area contributed by atoms with Crippen LogP contribution in [0.5, 0.6) is 11.5 Å². The zero-order valence-electron chi connectivity index (χ0n) is 8.51. The van der Waals surface area contributed by atoms with Gasteiger partial charge in [-0.25, -0.2) is 0 Å². The molecule has 1 aromatic carbocycles. The van der Waals surface area contributed by atoms with E-state index in [0.29, 0.717) is 0 Å². The predicted octanol–water partition coefficient (Wildman–Crippen LogP) is -0.585. The van der Waals surface area contributed by atoms with Gasteiger partial charge in [-0.15, -0.1) is 0 Å². The van der Waals surface area contributed by atoms with Crippen molar-refractivity contribution in [3.63, 3.8) is 0 Å². The predicted molar refractivity (Wildman–Crippen MR) is 55.8 cm³/mol. The Kier molecular flexibility index (Phi) is 4.43. The van der Waals surface area contributed by atoms with Crippen LogP contribution in [0.15, 0.2) is 24.3 Å². The largest absolute Gasteiger partial charge is 0.425 e. The van der Waals surface area contributed by atoms with Gasteiger partial charge in [-0.2, -0.15) is 0 Å². The van der Waals surface area contributed by atoms with Gasteiger partial charge in [0.05, 0.1) is 13.1 Å². The van der Waals surface area contributed by atoms with E-state index in [2.05, 4.69) is 0 Å². The quantitative estimate of drug-likeness (QED) is 0.523. The van der Waals surface area contributed by atoms with Gasteiger partial charge in [-0.1, -0.05) is 6.07 Å². The Bertz CT molecular complexity index is 359. The first-order valence-electron chi connectivity index (χ1n) is 4.57. The molecule has 0 heterocycles. The topological polar surface area (TPSA) is 105 Å². The van der Waals surface area contributed by atoms with Crippen LogP contribution in [-0.2, 0) is 9.59 Å². The van der Waals surface area contributed by atoms with Crippen LogP contribution in [0.4, 0.5) is 0 Å². The molecule has 6 nitrogen and oxygen atoms in total. The van der Waals surface area contributed by atoms with Crippen LogP contribution in [0.1, 0.15) is 0 Å². The van der Waals surface area contributed by atoms with Crippen molar-refractivity contribution in [1.82, 2.24) is 0 Å². The minimum atomic E-state index is -0.567. The maximum Gasteiger partial charge on any atom is 0.325 e. The zero-order chi connectivity index (χ0) is 12.0. The molecule has 0 saturated carbocycles. The van der Waals surface area contributed by atoms with Crippen LogP contribution in [0, 0.1) is 0 Å². The molecule has 0 amide bonds. The molecule has 0 atom stereocenters. The van der Waals surface area contributed by atoms with Crippen LogP contribution in [0.25, 0.3) is 0 Å². The van der Waals surface area contributed by atoms with E-state index in [1.807, 2.05) is 0 Å². The summed E-state index contributed by atoms with van der Waals surface area (Å²) in [6.45, 7) is -0.431. The lowest BCUT2D eigenvalue weighted by molar-refractivity contribution is -0.133. The van der Waals surface area contributed by atoms with Crippen LogP contribution in [-0.4, -0.2) is 25.0 Å². The van der Waals surface area contributed by atoms with Crippen molar-refractivity contribution in [2.24, 2.45) is 11.5 Å². The first-order chi connectivity index (χ1) is 7.65. The first kappa shape index (κ1) is 12.2. The monoisotopic (exact) mass is 224 g/mol. The van der Waals surface area contributed by atoms with E-state index < -0.39 is 11.9 Å². The Labute approximate surface area is 92.1 Å². The molecule has 0 aliphatic heterocycles. The van der Waals surface area contributed by atoms with Gasteiger partial charge < -0.3 is 20.9 Å². The summed E-state index contributed by atoms with van der Waals surface area (Å²) in [5, 5.41) is 0. The summed E-state index contributed by atoms with van der Waals surface area (Å²) in [4.78, 5) is 21.8. The van der Waals surface area contributed by atoms with E-state index in [-0.39, 0.29) is 24.6 Å². The Hall–Kier alpha value is -1.92. The molecule has 0 spiro atoms. The Morgan fingerprint density at radius 3 is 1.81 bits per heavy atom. The maximum absolute atomic E-state index is 10.9. The highest BCUT2D eigenvalue weighted by Gasteiger charge is 2.05. The second-order valence-corrected chi connectivity index (χ2v) is 2.83. The highest BCUT2D eigenvalue weighted by molar-refractivity contribution is 5.75. The molecule has 0 radical (unpaired) electrons. The van der Waals surface area contributed by atoms with Gasteiger partial charge in [0, 0.05) is 6.07 Å². The van der Waals surface area contributed by atoms with Crippen molar-refractivity contribution in [2.45, 2.75) is 0 Å². The average molecular weight is 224 g/mol. The van der Waals surface area contributed by atoms with Crippen LogP contribution < -0.4 is 20.9 Å². The summed E-state index contributed by atoms with van der Waals surface area (Å²) in [6.07, 6.45) is 0. The third kappa shape index (κ3) is 3.68. The van der Waals surface area contributed by atoms with Crippen molar-refractivity contribution in [3.8, 4) is 11.5 Å². The first-order valence-corrected chi connectivity index (χ1v) is 4.57. The fourth-order valence-corrected chi connectivity index (χ4v) is 0.947. The van der Waals surface area contributed by atoms with Crippen molar-refractivity contribution >= 4 is 11.9 Å². The number of benzene rings is 1. The summed E-state index contributed by atoms with van der Waals surface area (Å²) >= 11 is 0. The minimum absolute atomic E-state index is 0.215. The molecule has 6 heteroatoms. The molecule has 86 valence electrons. The Balaban J connectivity index is 2.71. The molecule has 1 aromatic rings. The molecule has 4 N–H and O–H groups in total. The van der Waals surface area contributed by atoms with E-state index in [1.165, 1.54) is 6.07 Å². The number of hydrogen-bond acceptors (Lipinski definition) is 6. The summed E-state index contributed by atoms with van der Waals surface area (Å²) < 4.78 is 9.67. The van der Waals surface area contributed by atoms with E-state index in [0.717, 1.165) is 0 Å². The van der Waals surface area contributed by atoms with Crippen molar-refractivity contribution in [2.75, 3.05) is 13.1 Å². The molecule has 0 unspecified atom stereocenters. The molecule has 0 aliphatic rings. The zero-order valence-corrected chi connectivity index (χ0v) is 8.51. The van der Waals surface area contributed by atoms with Gasteiger partial charge in [-0.3, -0.25) is 9.59 Å². The number of esters is 2. The lowest BCUT2D eigenvalue weighted by Gasteiger charge is -2.05. The van der Waals surface area contributed by atoms with Crippen LogP contribution in [0.2, 0.25) is 0 Å². The number of rotatable bonds is 4. The van der Waals surface area contributed by atoms with Crippen molar-refractivity contribution in [1.29, 1.82) is 0 Å². The molecule has 0 fully saturated rings. The minimum Gasteiger partial charge on any atom is -0.425 e. The van der Waals surface area contributed by atoms with E-state index in [4.69, 9.17) is 20.9 Å². The number of carbonyl (C=O) groups excluding carboxylic acids is 2. The third-order valence-electron chi connectivity index (χ3n) is 1.60. The molecule has 0 aliphatic carbocycles. The second kappa shape index (κ2) is 5.84. The van der Waals surface area contributed by atoms with Crippen molar-refractivity contribution < 1.29 is 19.1 Å². The fraction of sp³-hybridized carbons (Fsp3) is 0.200. The number of hydrogen-bond donors (Lipinski definition) is 2. The van der Waals surface area contributed by atoms with Crippen LogP contribution >= 0.6 is 0 Å². The van der Waals surface area contributed by atoms with E-state index in [9.17, 15) is 9.59 Å². The van der Waals surface area contributed by atoms with Crippen molar-refractivity contribution in [3.05, 3.63) is 24.3 Å². The maximum atomic E-state index is 10.9. The van der Waals surface area contributed by atoms with Gasteiger partial charge in [0.1, 0.15) is 11.5 Å². The smallest absolute Gasteiger partial charge is 0.325 e. The second-order valence-electron chi connectivity index (χ2n) is 2.83. The number of nitrogens with two attached hydrogens (primary N) is 2. The lowest BCUT2D eigenvalue weighted by Crippen LogP contribution is -2.20. The Morgan fingerprint density at radius 1 is 1.00 bits per heavy atom. The molecule has 16 heavy (non-hydrogen) atoms. The summed E-state index contributed by atoms with van der Waals surface area (Å²) in [6, 6.07) is 6.08. The molecular weight excluding hydrogens is 212 g/mol. The summed E-state index contributed by atoms with van der Waals surface area (Å²) in [5.41, 5.74) is 10.2. The molecule has 1 rings (SSSR count). The normalized spacial score (nSPS) is 9.62. The van der Waals surface area contributed by atoms with Gasteiger partial charge in [0.2, 0.25) is 0 Å². The molecular formula is C10H12N2O4. The fourth-order valence-electron chi connectivity index (χ4n) is 0.947. The Morgan fingerprint density at radius 2 is 1.44 bits per heavy atom. The molecule has 0 saturated heterocycles. The summed E-state index contributed by atoms with van der Waals surface area (Å²) in [5.74, 6) is -0.611. The van der Waals surface area contributed by atoms with E-state index in [1.54, 1.807) is 18.2 Å². The van der Waals surface area contributed by atoms with Gasteiger partial charge in [0.15, 0.2) is 0 Å². The molecule has 0 bridgehead atoms. The van der Waals surface area contributed by atoms with Gasteiger partial charge >= 0.3 is 11.9 Å². The highest BCUT2D eigenvalue weighted by Crippen LogP contribution is 2.19. The lowest BCUT2D eigenvalue weighted by atomic mass is 10.3. The average Bonchev–Trinajstić information content (AvgIpc) is 2.29. The number of carbonyl (C=O) groups is 2. The number of ether oxygens (including phenoxy) is 2. The standard InChI is InChI=1S/C10H12N2O4/c11-5-9(13)15-7-2-1-3-8(4-7)16-10(14)6-12/h1-4H,5-6,11-12H2. The SMILES string of the molecule is NCC(=O)Oc1cccc(OC(=O)CN)c1. The van der Waals surface area contributed by atoms with Crippen LogP contribution in [0.3, 0.4) is 0 Å². The van der Waals surface area contributed by atoms with Gasteiger partial charge in [0.25, 0.3) is 0 Å². The summed E-state index contributed by atoms with van der Waals surface area (Å²) in [7, 11) is 0. The highest BCUT2D eigenvalue weighted by atomic mass is 16.5. The van der Waals surface area contributed by atoms with Gasteiger partial charge in [-0.05, 0) is 12.1 Å². The third-order valence-corrected chi connectivity index (χ3v) is 1.60. The van der Waals surface area contributed by atoms with E-state index >= 15 is 0 Å². The molecule has 0 aromatic heterocycles.